The van der Waals surface area contributed by atoms with E-state index in [1.54, 1.807) is 0 Å². The lowest BCUT2D eigenvalue weighted by Gasteiger charge is -2.32. The zero-order valence-electron chi connectivity index (χ0n) is 12.9. The number of amidine groups is 1. The second kappa shape index (κ2) is 6.52. The maximum Gasteiger partial charge on any atom is 0.270 e. The first kappa shape index (κ1) is 15.9. The molecule has 0 bridgehead atoms. The minimum atomic E-state index is -0.524. The van der Waals surface area contributed by atoms with E-state index < -0.39 is 10.8 Å². The van der Waals surface area contributed by atoms with Crippen LogP contribution in [0.25, 0.3) is 0 Å². The lowest BCUT2D eigenvalue weighted by molar-refractivity contribution is -0.384. The normalized spacial score (nSPS) is 17.6. The van der Waals surface area contributed by atoms with Crippen LogP contribution in [0, 0.1) is 10.1 Å². The highest BCUT2D eigenvalue weighted by Gasteiger charge is 2.20. The summed E-state index contributed by atoms with van der Waals surface area (Å²) in [6.07, 6.45) is 0. The van der Waals surface area contributed by atoms with E-state index >= 15 is 0 Å². The van der Waals surface area contributed by atoms with Crippen molar-refractivity contribution in [2.45, 2.75) is 0 Å². The van der Waals surface area contributed by atoms with Crippen LogP contribution in [-0.4, -0.2) is 67.2 Å². The third kappa shape index (κ3) is 3.40. The fraction of sp³-hybridized carbons (Fsp3) is 0.429. The van der Waals surface area contributed by atoms with E-state index in [2.05, 4.69) is 15.2 Å². The van der Waals surface area contributed by atoms with Gasteiger partial charge in [-0.2, -0.15) is 0 Å². The molecule has 8 heteroatoms. The van der Waals surface area contributed by atoms with E-state index in [-0.39, 0.29) is 11.3 Å². The van der Waals surface area contributed by atoms with Crippen molar-refractivity contribution in [3.05, 3.63) is 33.9 Å². The molecule has 0 atom stereocenters. The van der Waals surface area contributed by atoms with Gasteiger partial charge in [0.25, 0.3) is 11.6 Å². The Bertz CT molecular complexity index is 629. The second-order valence-corrected chi connectivity index (χ2v) is 5.23. The van der Waals surface area contributed by atoms with Crippen LogP contribution in [0.2, 0.25) is 0 Å². The van der Waals surface area contributed by atoms with Crippen molar-refractivity contribution in [3.8, 4) is 0 Å². The quantitative estimate of drug-likeness (QED) is 0.660. The van der Waals surface area contributed by atoms with E-state index in [1.807, 2.05) is 19.0 Å². The lowest BCUT2D eigenvalue weighted by Crippen LogP contribution is -2.46. The molecule has 1 aliphatic rings. The number of likely N-dealkylation sites (N-methyl/N-ethyl adjacent to an activating group) is 2. The van der Waals surface area contributed by atoms with Crippen LogP contribution in [0.15, 0.2) is 23.2 Å². The Labute approximate surface area is 128 Å². The van der Waals surface area contributed by atoms with Gasteiger partial charge in [0.05, 0.1) is 22.7 Å². The molecule has 1 aliphatic heterocycles. The minimum absolute atomic E-state index is 0.128. The number of hydrogen-bond acceptors (Lipinski definition) is 5. The van der Waals surface area contributed by atoms with Gasteiger partial charge >= 0.3 is 0 Å². The average molecular weight is 305 g/mol. The largest absolute Gasteiger partial charge is 0.361 e. The summed E-state index contributed by atoms with van der Waals surface area (Å²) in [4.78, 5) is 31.0. The van der Waals surface area contributed by atoms with Gasteiger partial charge in [0.1, 0.15) is 5.84 Å². The molecule has 1 N–H and O–H groups in total. The summed E-state index contributed by atoms with van der Waals surface area (Å²) in [6.45, 7) is 2.45. The minimum Gasteiger partial charge on any atom is -0.361 e. The Morgan fingerprint density at radius 1 is 1.36 bits per heavy atom. The molecule has 1 heterocycles. The number of piperazine rings is 1. The van der Waals surface area contributed by atoms with Crippen LogP contribution < -0.4 is 5.32 Å². The van der Waals surface area contributed by atoms with Gasteiger partial charge in [-0.25, -0.2) is 4.99 Å². The number of non-ortho nitro benzene ring substituents is 1. The molecule has 118 valence electrons. The van der Waals surface area contributed by atoms with E-state index in [0.29, 0.717) is 12.2 Å². The Hall–Kier alpha value is -2.48. The summed E-state index contributed by atoms with van der Waals surface area (Å²) < 4.78 is 0. The fourth-order valence-corrected chi connectivity index (χ4v) is 2.20. The first-order chi connectivity index (χ1) is 10.4. The zero-order chi connectivity index (χ0) is 16.3. The van der Waals surface area contributed by atoms with E-state index in [0.717, 1.165) is 18.9 Å². The molecule has 22 heavy (non-hydrogen) atoms. The third-order valence-corrected chi connectivity index (χ3v) is 3.58. The molecule has 0 unspecified atom stereocenters. The standard InChI is InChI=1S/C14H19N5O3/c1-15-14(20)11-8-10(19(21)22)4-5-12(11)16-13-9-17(2)6-7-18(13)3/h4-5,8H,6-7,9H2,1-3H3,(H,15,20). The summed E-state index contributed by atoms with van der Waals surface area (Å²) in [7, 11) is 5.42. The molecule has 0 radical (unpaired) electrons. The van der Waals surface area contributed by atoms with Crippen molar-refractivity contribution in [1.29, 1.82) is 0 Å². The van der Waals surface area contributed by atoms with E-state index in [4.69, 9.17) is 0 Å². The molecule has 0 aromatic heterocycles. The van der Waals surface area contributed by atoms with Crippen LogP contribution in [-0.2, 0) is 0 Å². The first-order valence-electron chi connectivity index (χ1n) is 6.90. The molecule has 1 fully saturated rings. The van der Waals surface area contributed by atoms with Crippen molar-refractivity contribution in [2.75, 3.05) is 40.8 Å². The molecule has 1 saturated heterocycles. The van der Waals surface area contributed by atoms with Gasteiger partial charge in [0.15, 0.2) is 0 Å². The summed E-state index contributed by atoms with van der Waals surface area (Å²) in [6, 6.07) is 4.13. The Morgan fingerprint density at radius 2 is 2.09 bits per heavy atom. The topological polar surface area (TPSA) is 91.1 Å². The number of rotatable bonds is 3. The number of carbonyl (C=O) groups excluding carboxylic acids is 1. The zero-order valence-corrected chi connectivity index (χ0v) is 12.9. The van der Waals surface area contributed by atoms with E-state index in [9.17, 15) is 14.9 Å². The number of nitrogens with zero attached hydrogens (tertiary/aromatic N) is 4. The number of nitro benzene ring substituents is 1. The first-order valence-corrected chi connectivity index (χ1v) is 6.90. The number of carbonyl (C=O) groups is 1. The van der Waals surface area contributed by atoms with Crippen molar-refractivity contribution >= 4 is 23.1 Å². The van der Waals surface area contributed by atoms with Gasteiger partial charge in [0, 0.05) is 39.3 Å². The van der Waals surface area contributed by atoms with Crippen molar-refractivity contribution < 1.29 is 9.72 Å². The van der Waals surface area contributed by atoms with Crippen molar-refractivity contribution in [2.24, 2.45) is 4.99 Å². The Kier molecular flexibility index (Phi) is 4.71. The molecule has 1 amide bonds. The predicted molar refractivity (Wildman–Crippen MR) is 83.7 cm³/mol. The van der Waals surface area contributed by atoms with Gasteiger partial charge in [0.2, 0.25) is 0 Å². The molecule has 1 aromatic carbocycles. The van der Waals surface area contributed by atoms with Crippen LogP contribution in [0.5, 0.6) is 0 Å². The monoisotopic (exact) mass is 305 g/mol. The summed E-state index contributed by atoms with van der Waals surface area (Å²) in [5.74, 6) is 0.433. The Balaban J connectivity index is 2.45. The van der Waals surface area contributed by atoms with Crippen molar-refractivity contribution in [3.63, 3.8) is 0 Å². The maximum atomic E-state index is 12.0. The molecule has 8 nitrogen and oxygen atoms in total. The second-order valence-electron chi connectivity index (χ2n) is 5.23. The Morgan fingerprint density at radius 3 is 2.73 bits per heavy atom. The number of amides is 1. The maximum absolute atomic E-state index is 12.0. The fourth-order valence-electron chi connectivity index (χ4n) is 2.20. The molecule has 2 rings (SSSR count). The summed E-state index contributed by atoms with van der Waals surface area (Å²) in [5.41, 5.74) is 0.504. The van der Waals surface area contributed by atoms with Crippen LogP contribution in [0.4, 0.5) is 11.4 Å². The summed E-state index contributed by atoms with van der Waals surface area (Å²) in [5, 5.41) is 13.4. The molecule has 0 saturated carbocycles. The smallest absolute Gasteiger partial charge is 0.270 e. The van der Waals surface area contributed by atoms with Crippen molar-refractivity contribution in [1.82, 2.24) is 15.1 Å². The van der Waals surface area contributed by atoms with Crippen LogP contribution in [0.1, 0.15) is 10.4 Å². The van der Waals surface area contributed by atoms with Gasteiger partial charge in [-0.05, 0) is 13.1 Å². The molecule has 0 spiro atoms. The molecular weight excluding hydrogens is 286 g/mol. The molecule has 0 aliphatic carbocycles. The van der Waals surface area contributed by atoms with Crippen LogP contribution in [0.3, 0.4) is 0 Å². The number of benzene rings is 1. The third-order valence-electron chi connectivity index (χ3n) is 3.58. The SMILES string of the molecule is CNC(=O)c1cc([N+](=O)[O-])ccc1N=C1CN(C)CCN1C. The number of nitrogens with one attached hydrogen (secondary N) is 1. The summed E-state index contributed by atoms with van der Waals surface area (Å²) >= 11 is 0. The van der Waals surface area contributed by atoms with Crippen LogP contribution >= 0.6 is 0 Å². The predicted octanol–water partition coefficient (Wildman–Crippen LogP) is 0.862. The molecule has 1 aromatic rings. The van der Waals surface area contributed by atoms with Gasteiger partial charge in [-0.3, -0.25) is 19.8 Å². The van der Waals surface area contributed by atoms with Gasteiger partial charge in [-0.15, -0.1) is 0 Å². The highest BCUT2D eigenvalue weighted by Crippen LogP contribution is 2.25. The highest BCUT2D eigenvalue weighted by atomic mass is 16.6. The highest BCUT2D eigenvalue weighted by molar-refractivity contribution is 6.01. The van der Waals surface area contributed by atoms with Gasteiger partial charge in [-0.1, -0.05) is 0 Å². The number of nitro groups is 1. The van der Waals surface area contributed by atoms with E-state index in [1.165, 1.54) is 25.2 Å². The molecular formula is C14H19N5O3. The average Bonchev–Trinajstić information content (AvgIpc) is 2.50. The number of aliphatic imine (C=N–C) groups is 1. The lowest BCUT2D eigenvalue weighted by atomic mass is 10.1. The van der Waals surface area contributed by atoms with Gasteiger partial charge < -0.3 is 10.2 Å². The number of hydrogen-bond donors (Lipinski definition) is 1.